The van der Waals surface area contributed by atoms with Crippen LogP contribution in [0.25, 0.3) is 11.0 Å². The molecule has 1 aromatic heterocycles. The lowest BCUT2D eigenvalue weighted by Crippen LogP contribution is -1.95. The molecular weight excluding hydrogens is 278 g/mol. The van der Waals surface area contributed by atoms with Crippen LogP contribution in [0.3, 0.4) is 0 Å². The lowest BCUT2D eigenvalue weighted by atomic mass is 10.2. The van der Waals surface area contributed by atoms with Gasteiger partial charge in [-0.3, -0.25) is 0 Å². The number of para-hydroxylation sites is 2. The van der Waals surface area contributed by atoms with Gasteiger partial charge in [0.05, 0.1) is 31.5 Å². The molecule has 0 atom stereocenters. The summed E-state index contributed by atoms with van der Waals surface area (Å²) in [5.41, 5.74) is 2.84. The topological polar surface area (TPSA) is 48.6 Å². The zero-order valence-electron chi connectivity index (χ0n) is 12.8. The lowest BCUT2D eigenvalue weighted by Gasteiger charge is -2.07. The first kappa shape index (κ1) is 14.1. The van der Waals surface area contributed by atoms with Crippen LogP contribution in [0, 0.1) is 6.92 Å². The second-order valence-corrected chi connectivity index (χ2v) is 4.82. The molecule has 0 saturated heterocycles. The van der Waals surface area contributed by atoms with Crippen molar-refractivity contribution < 1.29 is 9.47 Å². The molecule has 2 aromatic carbocycles. The van der Waals surface area contributed by atoms with Gasteiger partial charge in [-0.05, 0) is 42.8 Å². The fraction of sp³-hybridized carbons (Fsp3) is 0.176. The molecule has 0 saturated carbocycles. The average Bonchev–Trinajstić information content (AvgIpc) is 2.87. The van der Waals surface area contributed by atoms with E-state index >= 15 is 0 Å². The van der Waals surface area contributed by atoms with Gasteiger partial charge >= 0.3 is 0 Å². The number of methoxy groups -OCH3 is 2. The average molecular weight is 295 g/mol. The minimum absolute atomic E-state index is 0.679. The van der Waals surface area contributed by atoms with Crippen LogP contribution in [0.2, 0.25) is 0 Å². The van der Waals surface area contributed by atoms with Crippen LogP contribution in [0.15, 0.2) is 47.6 Å². The zero-order chi connectivity index (χ0) is 15.5. The first-order valence-electron chi connectivity index (χ1n) is 6.93. The number of nitrogens with zero attached hydrogens (tertiary/aromatic N) is 3. The highest BCUT2D eigenvalue weighted by molar-refractivity contribution is 5.82. The molecule has 22 heavy (non-hydrogen) atoms. The molecule has 1 heterocycles. The van der Waals surface area contributed by atoms with E-state index in [0.717, 1.165) is 22.4 Å². The maximum Gasteiger partial charge on any atom is 0.161 e. The maximum absolute atomic E-state index is 5.30. The monoisotopic (exact) mass is 295 g/mol. The number of ether oxygens (including phenoxy) is 2. The predicted octanol–water partition coefficient (Wildman–Crippen LogP) is 3.24. The molecule has 0 amide bonds. The van der Waals surface area contributed by atoms with Crippen molar-refractivity contribution in [1.82, 2.24) is 9.66 Å². The Morgan fingerprint density at radius 3 is 2.59 bits per heavy atom. The summed E-state index contributed by atoms with van der Waals surface area (Å²) in [6.07, 6.45) is 1.78. The lowest BCUT2D eigenvalue weighted by molar-refractivity contribution is 0.355. The third-order valence-corrected chi connectivity index (χ3v) is 3.43. The third kappa shape index (κ3) is 2.53. The van der Waals surface area contributed by atoms with E-state index in [9.17, 15) is 0 Å². The molecule has 0 aliphatic heterocycles. The van der Waals surface area contributed by atoms with Crippen LogP contribution in [-0.2, 0) is 0 Å². The van der Waals surface area contributed by atoms with Gasteiger partial charge in [-0.2, -0.15) is 5.10 Å². The van der Waals surface area contributed by atoms with Crippen LogP contribution in [-0.4, -0.2) is 30.1 Å². The second-order valence-electron chi connectivity index (χ2n) is 4.82. The van der Waals surface area contributed by atoms with Gasteiger partial charge in [0.2, 0.25) is 0 Å². The van der Waals surface area contributed by atoms with Crippen LogP contribution >= 0.6 is 0 Å². The van der Waals surface area contributed by atoms with Crippen molar-refractivity contribution >= 4 is 17.2 Å². The molecule has 0 aliphatic carbocycles. The van der Waals surface area contributed by atoms with E-state index < -0.39 is 0 Å². The number of fused-ring (bicyclic) bond motifs is 1. The molecule has 0 aliphatic rings. The van der Waals surface area contributed by atoms with Gasteiger partial charge in [0, 0.05) is 0 Å². The summed E-state index contributed by atoms with van der Waals surface area (Å²) in [6.45, 7) is 1.94. The van der Waals surface area contributed by atoms with Gasteiger partial charge in [-0.1, -0.05) is 12.1 Å². The number of hydrogen-bond donors (Lipinski definition) is 0. The summed E-state index contributed by atoms with van der Waals surface area (Å²) in [7, 11) is 3.24. The number of aromatic nitrogens is 2. The van der Waals surface area contributed by atoms with Crippen molar-refractivity contribution in [3.8, 4) is 11.5 Å². The molecule has 112 valence electrons. The zero-order valence-corrected chi connectivity index (χ0v) is 12.8. The fourth-order valence-corrected chi connectivity index (χ4v) is 2.34. The number of benzene rings is 2. The molecular formula is C17H17N3O2. The molecule has 3 rings (SSSR count). The Bertz CT molecular complexity index is 837. The van der Waals surface area contributed by atoms with E-state index in [1.54, 1.807) is 20.4 Å². The summed E-state index contributed by atoms with van der Waals surface area (Å²) in [5.74, 6) is 2.22. The smallest absolute Gasteiger partial charge is 0.161 e. The van der Waals surface area contributed by atoms with Gasteiger partial charge in [0.1, 0.15) is 5.82 Å². The van der Waals surface area contributed by atoms with E-state index in [1.165, 1.54) is 0 Å². The highest BCUT2D eigenvalue weighted by Gasteiger charge is 2.06. The van der Waals surface area contributed by atoms with Gasteiger partial charge in [-0.25, -0.2) is 9.66 Å². The Morgan fingerprint density at radius 2 is 1.82 bits per heavy atom. The van der Waals surface area contributed by atoms with E-state index in [-0.39, 0.29) is 0 Å². The first-order chi connectivity index (χ1) is 10.7. The Labute approximate surface area is 128 Å². The van der Waals surface area contributed by atoms with Gasteiger partial charge in [0.25, 0.3) is 0 Å². The van der Waals surface area contributed by atoms with Crippen molar-refractivity contribution in [2.75, 3.05) is 14.2 Å². The van der Waals surface area contributed by atoms with Crippen molar-refractivity contribution in [1.29, 1.82) is 0 Å². The first-order valence-corrected chi connectivity index (χ1v) is 6.93. The molecule has 0 bridgehead atoms. The Balaban J connectivity index is 1.98. The quantitative estimate of drug-likeness (QED) is 0.694. The van der Waals surface area contributed by atoms with E-state index in [4.69, 9.17) is 9.47 Å². The Hall–Kier alpha value is -2.82. The van der Waals surface area contributed by atoms with Crippen LogP contribution in [0.1, 0.15) is 11.4 Å². The highest BCUT2D eigenvalue weighted by Crippen LogP contribution is 2.27. The third-order valence-electron chi connectivity index (χ3n) is 3.43. The summed E-state index contributed by atoms with van der Waals surface area (Å²) in [5, 5.41) is 4.53. The van der Waals surface area contributed by atoms with E-state index in [0.29, 0.717) is 11.5 Å². The van der Waals surface area contributed by atoms with Gasteiger partial charge in [-0.15, -0.1) is 0 Å². The molecule has 0 spiro atoms. The van der Waals surface area contributed by atoms with E-state index in [2.05, 4.69) is 10.1 Å². The fourth-order valence-electron chi connectivity index (χ4n) is 2.34. The Morgan fingerprint density at radius 1 is 1.05 bits per heavy atom. The van der Waals surface area contributed by atoms with Gasteiger partial charge < -0.3 is 9.47 Å². The van der Waals surface area contributed by atoms with Crippen molar-refractivity contribution in [3.05, 3.63) is 53.9 Å². The van der Waals surface area contributed by atoms with E-state index in [1.807, 2.05) is 54.1 Å². The van der Waals surface area contributed by atoms with Crippen LogP contribution in [0.4, 0.5) is 0 Å². The molecule has 3 aromatic rings. The summed E-state index contributed by atoms with van der Waals surface area (Å²) >= 11 is 0. The normalized spacial score (nSPS) is 11.2. The Kier molecular flexibility index (Phi) is 3.78. The molecule has 0 N–H and O–H groups in total. The number of rotatable bonds is 4. The van der Waals surface area contributed by atoms with Gasteiger partial charge in [0.15, 0.2) is 11.5 Å². The van der Waals surface area contributed by atoms with Crippen LogP contribution in [0.5, 0.6) is 11.5 Å². The largest absolute Gasteiger partial charge is 0.493 e. The standard InChI is InChI=1S/C17H17N3O2/c1-12-19-14-6-4-5-7-15(14)20(12)18-11-13-8-9-16(21-2)17(10-13)22-3/h4-11H,1-3H3. The van der Waals surface area contributed by atoms with Crippen molar-refractivity contribution in [3.63, 3.8) is 0 Å². The van der Waals surface area contributed by atoms with Crippen molar-refractivity contribution in [2.24, 2.45) is 5.10 Å². The second kappa shape index (κ2) is 5.89. The summed E-state index contributed by atoms with van der Waals surface area (Å²) < 4.78 is 12.4. The minimum atomic E-state index is 0.679. The molecule has 5 heteroatoms. The molecule has 0 fully saturated rings. The van der Waals surface area contributed by atoms with Crippen LogP contribution < -0.4 is 9.47 Å². The SMILES string of the molecule is COc1ccc(C=Nn2c(C)nc3ccccc32)cc1OC. The summed E-state index contributed by atoms with van der Waals surface area (Å²) in [6, 6.07) is 13.6. The molecule has 5 nitrogen and oxygen atoms in total. The number of aryl methyl sites for hydroxylation is 1. The predicted molar refractivity (Wildman–Crippen MR) is 87.0 cm³/mol. The number of hydrogen-bond acceptors (Lipinski definition) is 4. The molecule has 0 radical (unpaired) electrons. The number of imidazole rings is 1. The van der Waals surface area contributed by atoms with Crippen molar-refractivity contribution in [2.45, 2.75) is 6.92 Å². The minimum Gasteiger partial charge on any atom is -0.493 e. The summed E-state index contributed by atoms with van der Waals surface area (Å²) in [4.78, 5) is 4.49. The molecule has 0 unspecified atom stereocenters. The maximum atomic E-state index is 5.30. The highest BCUT2D eigenvalue weighted by atomic mass is 16.5.